The summed E-state index contributed by atoms with van der Waals surface area (Å²) >= 11 is 0. The van der Waals surface area contributed by atoms with Crippen LogP contribution < -0.4 is 5.73 Å². The zero-order valence-corrected chi connectivity index (χ0v) is 11.4. The number of nitrogens with two attached hydrogens (primary N) is 1. The van der Waals surface area contributed by atoms with Crippen molar-refractivity contribution < 1.29 is 9.90 Å². The molecule has 0 saturated carbocycles. The molecule has 0 spiro atoms. The molecule has 3 N–H and O–H groups in total. The highest BCUT2D eigenvalue weighted by atomic mass is 35.5. The molecule has 4 nitrogen and oxygen atoms in total. The predicted molar refractivity (Wildman–Crippen MR) is 76.9 cm³/mol. The number of hydrogen-bond donors (Lipinski definition) is 2. The van der Waals surface area contributed by atoms with Gasteiger partial charge in [-0.05, 0) is 36.8 Å². The molecule has 19 heavy (non-hydrogen) atoms. The molecule has 1 heterocycles. The topological polar surface area (TPSA) is 68.2 Å². The van der Waals surface area contributed by atoms with Crippen LogP contribution in [0.4, 0.5) is 0 Å². The summed E-state index contributed by atoms with van der Waals surface area (Å²) in [5.41, 5.74) is 6.42. The van der Waals surface area contributed by atoms with Gasteiger partial charge in [0.15, 0.2) is 0 Å². The van der Waals surface area contributed by atoms with Gasteiger partial charge in [-0.2, -0.15) is 0 Å². The fourth-order valence-electron chi connectivity index (χ4n) is 1.83. The van der Waals surface area contributed by atoms with Crippen molar-refractivity contribution >= 4 is 18.4 Å². The summed E-state index contributed by atoms with van der Waals surface area (Å²) in [6.45, 7) is 1.53. The van der Waals surface area contributed by atoms with Gasteiger partial charge in [-0.1, -0.05) is 12.1 Å². The average molecular weight is 281 g/mol. The van der Waals surface area contributed by atoms with Crippen molar-refractivity contribution in [1.82, 2.24) is 4.57 Å². The van der Waals surface area contributed by atoms with Crippen molar-refractivity contribution in [1.29, 1.82) is 0 Å². The lowest BCUT2D eigenvalue weighted by Gasteiger charge is -2.19. The molecule has 0 aliphatic heterocycles. The van der Waals surface area contributed by atoms with Crippen LogP contribution in [-0.4, -0.2) is 21.2 Å². The number of benzene rings is 1. The second kappa shape index (κ2) is 5.91. The van der Waals surface area contributed by atoms with E-state index in [1.807, 2.05) is 53.4 Å². The molecule has 2 aromatic rings. The van der Waals surface area contributed by atoms with Crippen molar-refractivity contribution in [2.45, 2.75) is 18.9 Å². The maximum absolute atomic E-state index is 11.0. The lowest BCUT2D eigenvalue weighted by molar-refractivity contribution is -0.142. The Hall–Kier alpha value is -1.78. The number of aliphatic carboxylic acids is 1. The summed E-state index contributed by atoms with van der Waals surface area (Å²) in [6, 6.07) is 11.6. The number of halogens is 1. The number of hydrogen-bond acceptors (Lipinski definition) is 2. The van der Waals surface area contributed by atoms with E-state index < -0.39 is 11.5 Å². The standard InChI is InChI=1S/C14H16N2O2.ClH/c1-14(15,13(17)18)10-11-5-4-6-12(9-11)16-7-2-3-8-16;/h2-9H,10,15H2,1H3,(H,17,18);1H/t14-;/m1./s1. The Bertz CT molecular complexity index is 550. The molecule has 2 rings (SSSR count). The van der Waals surface area contributed by atoms with Gasteiger partial charge in [0.2, 0.25) is 0 Å². The Kier molecular flexibility index (Phi) is 4.75. The van der Waals surface area contributed by atoms with Gasteiger partial charge in [-0.3, -0.25) is 4.79 Å². The molecule has 1 atom stereocenters. The molecule has 5 heteroatoms. The van der Waals surface area contributed by atoms with E-state index in [1.165, 1.54) is 6.92 Å². The first-order valence-corrected chi connectivity index (χ1v) is 5.73. The summed E-state index contributed by atoms with van der Waals surface area (Å²) in [5.74, 6) is -0.992. The molecule has 0 amide bonds. The van der Waals surface area contributed by atoms with E-state index in [0.29, 0.717) is 6.42 Å². The Balaban J connectivity index is 0.00000180. The average Bonchev–Trinajstić information content (AvgIpc) is 2.82. The molecule has 0 radical (unpaired) electrons. The van der Waals surface area contributed by atoms with E-state index in [-0.39, 0.29) is 12.4 Å². The van der Waals surface area contributed by atoms with Gasteiger partial charge in [-0.15, -0.1) is 12.4 Å². The zero-order chi connectivity index (χ0) is 13.2. The van der Waals surface area contributed by atoms with E-state index in [1.54, 1.807) is 0 Å². The van der Waals surface area contributed by atoms with Crippen LogP contribution in [0.2, 0.25) is 0 Å². The minimum atomic E-state index is -1.24. The van der Waals surface area contributed by atoms with Crippen LogP contribution in [0.25, 0.3) is 5.69 Å². The van der Waals surface area contributed by atoms with E-state index >= 15 is 0 Å². The fraction of sp³-hybridized carbons (Fsp3) is 0.214. The highest BCUT2D eigenvalue weighted by Gasteiger charge is 2.28. The molecule has 102 valence electrons. The van der Waals surface area contributed by atoms with Gasteiger partial charge in [0.25, 0.3) is 0 Å². The molecule has 1 aromatic carbocycles. The molecule has 0 unspecified atom stereocenters. The largest absolute Gasteiger partial charge is 0.480 e. The number of rotatable bonds is 4. The Morgan fingerprint density at radius 1 is 1.32 bits per heavy atom. The SMILES string of the molecule is C[C@@](N)(Cc1cccc(-n2cccc2)c1)C(=O)O.Cl. The van der Waals surface area contributed by atoms with Gasteiger partial charge in [-0.25, -0.2) is 0 Å². The monoisotopic (exact) mass is 280 g/mol. The van der Waals surface area contributed by atoms with Gasteiger partial charge >= 0.3 is 5.97 Å². The Morgan fingerprint density at radius 2 is 1.95 bits per heavy atom. The van der Waals surface area contributed by atoms with Crippen molar-refractivity contribution in [3.63, 3.8) is 0 Å². The third-order valence-electron chi connectivity index (χ3n) is 2.87. The van der Waals surface area contributed by atoms with Crippen molar-refractivity contribution in [3.05, 3.63) is 54.4 Å². The van der Waals surface area contributed by atoms with Crippen LogP contribution in [0.3, 0.4) is 0 Å². The van der Waals surface area contributed by atoms with E-state index in [4.69, 9.17) is 10.8 Å². The summed E-state index contributed by atoms with van der Waals surface area (Å²) in [6.07, 6.45) is 4.19. The minimum Gasteiger partial charge on any atom is -0.480 e. The van der Waals surface area contributed by atoms with Gasteiger partial charge in [0, 0.05) is 24.5 Å². The fourth-order valence-corrected chi connectivity index (χ4v) is 1.83. The first kappa shape index (κ1) is 15.3. The van der Waals surface area contributed by atoms with Crippen molar-refractivity contribution in [2.24, 2.45) is 5.73 Å². The Labute approximate surface area is 118 Å². The molecule has 1 aromatic heterocycles. The summed E-state index contributed by atoms with van der Waals surface area (Å²) in [5, 5.41) is 9.03. The lowest BCUT2D eigenvalue weighted by Crippen LogP contribution is -2.46. The second-order valence-electron chi connectivity index (χ2n) is 4.66. The van der Waals surface area contributed by atoms with Crippen molar-refractivity contribution in [2.75, 3.05) is 0 Å². The molecule has 0 fully saturated rings. The van der Waals surface area contributed by atoms with E-state index in [0.717, 1.165) is 11.3 Å². The molecule has 0 aliphatic carbocycles. The second-order valence-corrected chi connectivity index (χ2v) is 4.66. The van der Waals surface area contributed by atoms with Crippen LogP contribution in [0.1, 0.15) is 12.5 Å². The van der Waals surface area contributed by atoms with Crippen LogP contribution in [-0.2, 0) is 11.2 Å². The number of nitrogens with zero attached hydrogens (tertiary/aromatic N) is 1. The summed E-state index contributed by atoms with van der Waals surface area (Å²) in [4.78, 5) is 11.0. The third-order valence-corrected chi connectivity index (χ3v) is 2.87. The molecular weight excluding hydrogens is 264 g/mol. The number of carboxylic acids is 1. The summed E-state index contributed by atoms with van der Waals surface area (Å²) < 4.78 is 1.97. The Morgan fingerprint density at radius 3 is 2.53 bits per heavy atom. The maximum Gasteiger partial charge on any atom is 0.323 e. The number of aromatic nitrogens is 1. The highest BCUT2D eigenvalue weighted by molar-refractivity contribution is 5.85. The van der Waals surface area contributed by atoms with Gasteiger partial charge in [0.05, 0.1) is 0 Å². The molecule has 0 aliphatic rings. The molecule has 0 saturated heterocycles. The normalized spacial score (nSPS) is 13.4. The van der Waals surface area contributed by atoms with Crippen LogP contribution >= 0.6 is 12.4 Å². The number of carboxylic acid groups (broad SMARTS) is 1. The quantitative estimate of drug-likeness (QED) is 0.902. The van der Waals surface area contributed by atoms with Crippen LogP contribution in [0, 0.1) is 0 Å². The number of carbonyl (C=O) groups is 1. The van der Waals surface area contributed by atoms with Crippen molar-refractivity contribution in [3.8, 4) is 5.69 Å². The maximum atomic E-state index is 11.0. The van der Waals surface area contributed by atoms with Crippen LogP contribution in [0.15, 0.2) is 48.8 Å². The van der Waals surface area contributed by atoms with Gasteiger partial charge in [0.1, 0.15) is 5.54 Å². The first-order valence-electron chi connectivity index (χ1n) is 5.73. The lowest BCUT2D eigenvalue weighted by atomic mass is 9.94. The van der Waals surface area contributed by atoms with Crippen LogP contribution in [0.5, 0.6) is 0 Å². The predicted octanol–water partition coefficient (Wildman–Crippen LogP) is 2.24. The molecular formula is C14H17ClN2O2. The smallest absolute Gasteiger partial charge is 0.323 e. The zero-order valence-electron chi connectivity index (χ0n) is 10.6. The molecule has 0 bridgehead atoms. The third kappa shape index (κ3) is 3.59. The van der Waals surface area contributed by atoms with E-state index in [9.17, 15) is 4.79 Å². The van der Waals surface area contributed by atoms with E-state index in [2.05, 4.69) is 0 Å². The first-order chi connectivity index (χ1) is 8.49. The summed E-state index contributed by atoms with van der Waals surface area (Å²) in [7, 11) is 0. The van der Waals surface area contributed by atoms with Gasteiger partial charge < -0.3 is 15.4 Å². The highest BCUT2D eigenvalue weighted by Crippen LogP contribution is 2.15. The minimum absolute atomic E-state index is 0.